The summed E-state index contributed by atoms with van der Waals surface area (Å²) in [7, 11) is 3.17. The molecule has 38 heavy (non-hydrogen) atoms. The van der Waals surface area contributed by atoms with Crippen molar-refractivity contribution in [2.75, 3.05) is 52.0 Å². The van der Waals surface area contributed by atoms with Gasteiger partial charge in [-0.2, -0.15) is 0 Å². The largest absolute Gasteiger partial charge is 0.496 e. The first-order valence-corrected chi connectivity index (χ1v) is 12.8. The lowest BCUT2D eigenvalue weighted by Gasteiger charge is -2.29. The van der Waals surface area contributed by atoms with Gasteiger partial charge in [0.2, 0.25) is 0 Å². The van der Waals surface area contributed by atoms with Crippen LogP contribution in [0.3, 0.4) is 0 Å². The van der Waals surface area contributed by atoms with Gasteiger partial charge in [0.1, 0.15) is 22.7 Å². The van der Waals surface area contributed by atoms with E-state index in [0.717, 1.165) is 35.6 Å². The van der Waals surface area contributed by atoms with Gasteiger partial charge in [0.05, 0.1) is 49.4 Å². The zero-order valence-corrected chi connectivity index (χ0v) is 23.1. The van der Waals surface area contributed by atoms with Crippen LogP contribution in [0.15, 0.2) is 30.6 Å². The van der Waals surface area contributed by atoms with E-state index >= 15 is 0 Å². The van der Waals surface area contributed by atoms with Crippen molar-refractivity contribution in [2.45, 2.75) is 32.8 Å². The number of nitrogens with zero attached hydrogens (tertiary/aromatic N) is 3. The third kappa shape index (κ3) is 6.63. The second kappa shape index (κ2) is 11.8. The number of pyridine rings is 1. The minimum atomic E-state index is -0.539. The Morgan fingerprint density at radius 1 is 1.13 bits per heavy atom. The quantitative estimate of drug-likeness (QED) is 0.356. The Morgan fingerprint density at radius 2 is 1.87 bits per heavy atom. The van der Waals surface area contributed by atoms with E-state index in [4.69, 9.17) is 35.5 Å². The molecule has 0 atom stereocenters. The third-order valence-corrected chi connectivity index (χ3v) is 6.11. The van der Waals surface area contributed by atoms with E-state index in [2.05, 4.69) is 22.1 Å². The van der Waals surface area contributed by atoms with E-state index in [0.29, 0.717) is 48.4 Å². The molecule has 0 unspecified atom stereocenters. The lowest BCUT2D eigenvalue weighted by Crippen LogP contribution is -2.36. The molecule has 1 amide bonds. The monoisotopic (exact) mass is 540 g/mol. The smallest absolute Gasteiger partial charge is 0.407 e. The molecule has 2 aromatic heterocycles. The summed E-state index contributed by atoms with van der Waals surface area (Å²) in [6.07, 6.45) is 3.93. The van der Waals surface area contributed by atoms with E-state index in [1.807, 2.05) is 43.6 Å². The maximum atomic E-state index is 11.9. The number of halogens is 1. The lowest BCUT2D eigenvalue weighted by atomic mass is 10.1. The normalized spacial score (nSPS) is 13.6. The van der Waals surface area contributed by atoms with E-state index in [1.54, 1.807) is 26.4 Å². The molecule has 1 aliphatic heterocycles. The van der Waals surface area contributed by atoms with Gasteiger partial charge in [-0.05, 0) is 26.8 Å². The molecule has 1 aliphatic rings. The second-order valence-electron chi connectivity index (χ2n) is 9.73. The second-order valence-corrected chi connectivity index (χ2v) is 10.1. The molecule has 3 aromatic rings. The summed E-state index contributed by atoms with van der Waals surface area (Å²) in [4.78, 5) is 19.0. The molecule has 0 spiro atoms. The fourth-order valence-electron chi connectivity index (χ4n) is 4.07. The number of carbonyl (C=O) groups excluding carboxylic acids is 1. The van der Waals surface area contributed by atoms with E-state index in [9.17, 15) is 4.79 Å². The van der Waals surface area contributed by atoms with Crippen LogP contribution in [0, 0.1) is 11.8 Å². The van der Waals surface area contributed by atoms with Gasteiger partial charge < -0.3 is 33.6 Å². The molecule has 1 saturated heterocycles. The molecule has 1 fully saturated rings. The van der Waals surface area contributed by atoms with Crippen LogP contribution in [-0.2, 0) is 9.47 Å². The number of carbonyl (C=O) groups is 1. The molecule has 0 saturated carbocycles. The van der Waals surface area contributed by atoms with E-state index in [-0.39, 0.29) is 0 Å². The number of alkyl carbamates (subject to hydrolysis) is 1. The van der Waals surface area contributed by atoms with Gasteiger partial charge in [-0.1, -0.05) is 23.4 Å². The number of hydrogen-bond donors (Lipinski definition) is 1. The highest BCUT2D eigenvalue weighted by molar-refractivity contribution is 6.32. The maximum Gasteiger partial charge on any atom is 0.407 e. The van der Waals surface area contributed by atoms with Gasteiger partial charge in [-0.15, -0.1) is 0 Å². The Morgan fingerprint density at radius 3 is 2.55 bits per heavy atom. The Balaban J connectivity index is 1.63. The van der Waals surface area contributed by atoms with Crippen LogP contribution in [0.2, 0.25) is 5.02 Å². The predicted molar refractivity (Wildman–Crippen MR) is 148 cm³/mol. The summed E-state index contributed by atoms with van der Waals surface area (Å²) >= 11 is 6.41. The number of nitrogens with one attached hydrogen (secondary N) is 1. The molecule has 0 bridgehead atoms. The molecule has 1 N–H and O–H groups in total. The Kier molecular flexibility index (Phi) is 8.55. The zero-order valence-electron chi connectivity index (χ0n) is 22.4. The number of benzene rings is 1. The molecular formula is C28H33ClN4O5. The van der Waals surface area contributed by atoms with Crippen molar-refractivity contribution in [3.8, 4) is 34.6 Å². The lowest BCUT2D eigenvalue weighted by molar-refractivity contribution is 0.0529. The van der Waals surface area contributed by atoms with Gasteiger partial charge in [0.15, 0.2) is 0 Å². The number of methoxy groups -OCH3 is 2. The summed E-state index contributed by atoms with van der Waals surface area (Å²) in [6.45, 7) is 8.72. The summed E-state index contributed by atoms with van der Waals surface area (Å²) in [6, 6.07) is 5.58. The molecule has 202 valence electrons. The summed E-state index contributed by atoms with van der Waals surface area (Å²) < 4.78 is 23.7. The number of fused-ring (bicyclic) bond motifs is 1. The number of ether oxygens (including phenoxy) is 4. The summed E-state index contributed by atoms with van der Waals surface area (Å²) in [5.74, 6) is 7.61. The average Bonchev–Trinajstić information content (AvgIpc) is 3.30. The molecule has 0 radical (unpaired) electrons. The van der Waals surface area contributed by atoms with E-state index < -0.39 is 11.7 Å². The first-order chi connectivity index (χ1) is 18.2. The highest BCUT2D eigenvalue weighted by Gasteiger charge is 2.19. The van der Waals surface area contributed by atoms with Gasteiger partial charge in [0.25, 0.3) is 0 Å². The molecular weight excluding hydrogens is 508 g/mol. The summed E-state index contributed by atoms with van der Waals surface area (Å²) in [5, 5.41) is 3.21. The number of rotatable bonds is 6. The van der Waals surface area contributed by atoms with E-state index in [1.165, 1.54) is 0 Å². The Hall–Kier alpha value is -3.61. The van der Waals surface area contributed by atoms with Crippen LogP contribution < -0.4 is 19.7 Å². The SMILES string of the molecule is COc1cc(OC)c(-c2cn3cc(C#CCCNC(=O)OC(C)(C)C)c(N4CCOCC4)cc3n2)cc1Cl. The standard InChI is InChI=1S/C28H33ClN4O5/c1-28(2,3)38-27(34)30-9-7-6-8-19-17-33-18-22(20-14-21(29)25(36-5)16-24(20)35-4)31-26(33)15-23(19)32-10-12-37-13-11-32/h14-18H,7,9-13H2,1-5H3,(H,30,34). The van der Waals surface area contributed by atoms with Crippen molar-refractivity contribution in [3.05, 3.63) is 41.2 Å². The third-order valence-electron chi connectivity index (χ3n) is 5.81. The summed E-state index contributed by atoms with van der Waals surface area (Å²) in [5.41, 5.74) is 3.56. The van der Waals surface area contributed by atoms with Crippen molar-refractivity contribution in [2.24, 2.45) is 0 Å². The minimum Gasteiger partial charge on any atom is -0.496 e. The highest BCUT2D eigenvalue weighted by Crippen LogP contribution is 2.38. The minimum absolute atomic E-state index is 0.393. The molecule has 1 aromatic carbocycles. The van der Waals surface area contributed by atoms with Gasteiger partial charge >= 0.3 is 6.09 Å². The van der Waals surface area contributed by atoms with Crippen LogP contribution in [0.25, 0.3) is 16.9 Å². The molecule has 10 heteroatoms. The molecule has 0 aliphatic carbocycles. The Labute approximate surface area is 228 Å². The number of anilines is 1. The van der Waals surface area contributed by atoms with Crippen molar-refractivity contribution in [1.29, 1.82) is 0 Å². The first kappa shape index (κ1) is 27.4. The maximum absolute atomic E-state index is 11.9. The number of imidazole rings is 1. The van der Waals surface area contributed by atoms with Gasteiger partial charge in [-0.3, -0.25) is 0 Å². The number of hydrogen-bond acceptors (Lipinski definition) is 7. The zero-order chi connectivity index (χ0) is 27.3. The van der Waals surface area contributed by atoms with Gasteiger partial charge in [0, 0.05) is 56.1 Å². The molecule has 4 rings (SSSR count). The van der Waals surface area contributed by atoms with Crippen molar-refractivity contribution >= 4 is 29.0 Å². The topological polar surface area (TPSA) is 86.6 Å². The first-order valence-electron chi connectivity index (χ1n) is 12.4. The van der Waals surface area contributed by atoms with Crippen LogP contribution in [0.4, 0.5) is 10.5 Å². The van der Waals surface area contributed by atoms with Crippen LogP contribution >= 0.6 is 11.6 Å². The van der Waals surface area contributed by atoms with Crippen molar-refractivity contribution < 1.29 is 23.7 Å². The van der Waals surface area contributed by atoms with Crippen molar-refractivity contribution in [3.63, 3.8) is 0 Å². The number of aromatic nitrogens is 2. The Bertz CT molecular complexity index is 1360. The van der Waals surface area contributed by atoms with Crippen LogP contribution in [-0.4, -0.2) is 68.1 Å². The van der Waals surface area contributed by atoms with Crippen LogP contribution in [0.5, 0.6) is 11.5 Å². The van der Waals surface area contributed by atoms with Crippen LogP contribution in [0.1, 0.15) is 32.8 Å². The molecule has 9 nitrogen and oxygen atoms in total. The fourth-order valence-corrected chi connectivity index (χ4v) is 4.32. The predicted octanol–water partition coefficient (Wildman–Crippen LogP) is 4.77. The van der Waals surface area contributed by atoms with Gasteiger partial charge in [-0.25, -0.2) is 9.78 Å². The van der Waals surface area contributed by atoms with Crippen molar-refractivity contribution in [1.82, 2.24) is 14.7 Å². The number of morpholine rings is 1. The highest BCUT2D eigenvalue weighted by atomic mass is 35.5. The molecule has 3 heterocycles. The fraction of sp³-hybridized carbons (Fsp3) is 0.429. The average molecular weight is 541 g/mol. The number of amides is 1.